The van der Waals surface area contributed by atoms with Crippen molar-refractivity contribution in [2.75, 3.05) is 7.05 Å². The smallest absolute Gasteiger partial charge is 0.112 e. The van der Waals surface area contributed by atoms with Crippen LogP contribution in [0.1, 0.15) is 27.7 Å². The Kier molecular flexibility index (Phi) is 5.46. The molecule has 0 atom stereocenters. The zero-order chi connectivity index (χ0) is 8.85. The highest BCUT2D eigenvalue weighted by atomic mass is 15.3. The molecule has 0 fully saturated rings. The number of hydrogen-bond acceptors (Lipinski definition) is 3. The van der Waals surface area contributed by atoms with Crippen LogP contribution in [0.25, 0.3) is 0 Å². The lowest BCUT2D eigenvalue weighted by molar-refractivity contribution is 0.329. The van der Waals surface area contributed by atoms with Gasteiger partial charge in [-0.05, 0) is 34.7 Å². The lowest BCUT2D eigenvalue weighted by atomic mass is 10.3. The third-order valence-electron chi connectivity index (χ3n) is 1.29. The van der Waals surface area contributed by atoms with Gasteiger partial charge in [-0.2, -0.15) is 0 Å². The van der Waals surface area contributed by atoms with E-state index >= 15 is 0 Å². The van der Waals surface area contributed by atoms with Gasteiger partial charge in [0, 0.05) is 12.1 Å². The molecule has 0 aliphatic heterocycles. The summed E-state index contributed by atoms with van der Waals surface area (Å²) < 4.78 is 0. The summed E-state index contributed by atoms with van der Waals surface area (Å²) in [5.41, 5.74) is 0. The van der Waals surface area contributed by atoms with Crippen molar-refractivity contribution in [3.05, 3.63) is 0 Å². The van der Waals surface area contributed by atoms with Gasteiger partial charge in [0.15, 0.2) is 0 Å². The number of hydrogen-bond donors (Lipinski definition) is 3. The van der Waals surface area contributed by atoms with Gasteiger partial charge in [-0.15, -0.1) is 0 Å². The molecule has 0 aromatic heterocycles. The second-order valence-electron chi connectivity index (χ2n) is 3.36. The van der Waals surface area contributed by atoms with Crippen LogP contribution in [0.2, 0.25) is 0 Å². The molecule has 0 unspecified atom stereocenters. The van der Waals surface area contributed by atoms with E-state index in [1.165, 1.54) is 0 Å². The maximum absolute atomic E-state index is 3.34. The molecule has 0 aromatic carbocycles. The summed E-state index contributed by atoms with van der Waals surface area (Å²) in [5, 5.41) is 9.82. The summed E-state index contributed by atoms with van der Waals surface area (Å²) in [6.45, 7) is 8.53. The maximum Gasteiger partial charge on any atom is 0.112 e. The van der Waals surface area contributed by atoms with Gasteiger partial charge in [0.1, 0.15) is 6.29 Å². The normalized spacial score (nSPS) is 12.0. The molecule has 0 aromatic rings. The van der Waals surface area contributed by atoms with E-state index in [2.05, 4.69) is 43.6 Å². The first-order valence-corrected chi connectivity index (χ1v) is 4.25. The largest absolute Gasteiger partial charge is 0.293 e. The Morgan fingerprint density at radius 3 is 1.36 bits per heavy atom. The first-order chi connectivity index (χ1) is 5.06. The molecule has 3 N–H and O–H groups in total. The first-order valence-electron chi connectivity index (χ1n) is 4.25. The fourth-order valence-electron chi connectivity index (χ4n) is 0.881. The standard InChI is InChI=1S/C8H21N3/c1-6(2)10-8(9-5)11-7(3)4/h6-11H,1-5H3. The van der Waals surface area contributed by atoms with Crippen LogP contribution in [0.4, 0.5) is 0 Å². The number of nitrogens with one attached hydrogen (secondary N) is 3. The highest BCUT2D eigenvalue weighted by Gasteiger charge is 2.06. The van der Waals surface area contributed by atoms with E-state index in [1.807, 2.05) is 7.05 Å². The van der Waals surface area contributed by atoms with Gasteiger partial charge in [0.25, 0.3) is 0 Å². The fourth-order valence-corrected chi connectivity index (χ4v) is 0.881. The van der Waals surface area contributed by atoms with Gasteiger partial charge in [-0.1, -0.05) is 0 Å². The predicted molar refractivity (Wildman–Crippen MR) is 49.4 cm³/mol. The number of rotatable bonds is 5. The quantitative estimate of drug-likeness (QED) is 0.511. The van der Waals surface area contributed by atoms with E-state index in [4.69, 9.17) is 0 Å². The molecule has 0 rings (SSSR count). The van der Waals surface area contributed by atoms with Gasteiger partial charge in [-0.3, -0.25) is 16.0 Å². The van der Waals surface area contributed by atoms with Gasteiger partial charge in [0.05, 0.1) is 0 Å². The summed E-state index contributed by atoms with van der Waals surface area (Å²) in [7, 11) is 1.94. The van der Waals surface area contributed by atoms with Crippen molar-refractivity contribution in [2.24, 2.45) is 0 Å². The van der Waals surface area contributed by atoms with Crippen LogP contribution < -0.4 is 16.0 Å². The Balaban J connectivity index is 3.58. The second kappa shape index (κ2) is 5.52. The summed E-state index contributed by atoms with van der Waals surface area (Å²) in [5.74, 6) is 0. The summed E-state index contributed by atoms with van der Waals surface area (Å²) in [4.78, 5) is 0. The lowest BCUT2D eigenvalue weighted by Gasteiger charge is -2.23. The van der Waals surface area contributed by atoms with Crippen molar-refractivity contribution in [3.63, 3.8) is 0 Å². The molecule has 3 nitrogen and oxygen atoms in total. The third kappa shape index (κ3) is 6.28. The van der Waals surface area contributed by atoms with Crippen LogP contribution in [0.15, 0.2) is 0 Å². The van der Waals surface area contributed by atoms with Crippen molar-refractivity contribution in [3.8, 4) is 0 Å². The van der Waals surface area contributed by atoms with Crippen molar-refractivity contribution in [2.45, 2.75) is 46.1 Å². The molecule has 0 saturated carbocycles. The van der Waals surface area contributed by atoms with Gasteiger partial charge in [0.2, 0.25) is 0 Å². The zero-order valence-electron chi connectivity index (χ0n) is 8.23. The van der Waals surface area contributed by atoms with Crippen molar-refractivity contribution < 1.29 is 0 Å². The van der Waals surface area contributed by atoms with E-state index in [0.717, 1.165) is 0 Å². The minimum Gasteiger partial charge on any atom is -0.293 e. The highest BCUT2D eigenvalue weighted by Crippen LogP contribution is 1.82. The molecule has 3 heteroatoms. The Hall–Kier alpha value is -0.120. The van der Waals surface area contributed by atoms with Crippen LogP contribution in [-0.4, -0.2) is 25.4 Å². The molecular weight excluding hydrogens is 138 g/mol. The van der Waals surface area contributed by atoms with E-state index in [9.17, 15) is 0 Å². The molecule has 0 saturated heterocycles. The van der Waals surface area contributed by atoms with Crippen molar-refractivity contribution >= 4 is 0 Å². The minimum absolute atomic E-state index is 0.218. The Morgan fingerprint density at radius 1 is 0.818 bits per heavy atom. The van der Waals surface area contributed by atoms with E-state index in [1.54, 1.807) is 0 Å². The molecule has 0 amide bonds. The van der Waals surface area contributed by atoms with Crippen molar-refractivity contribution in [1.29, 1.82) is 0 Å². The summed E-state index contributed by atoms with van der Waals surface area (Å²) in [6, 6.07) is 0.998. The lowest BCUT2D eigenvalue weighted by Crippen LogP contribution is -2.55. The highest BCUT2D eigenvalue weighted by molar-refractivity contribution is 4.65. The molecule has 0 radical (unpaired) electrons. The summed E-state index contributed by atoms with van der Waals surface area (Å²) in [6.07, 6.45) is 0.218. The topological polar surface area (TPSA) is 36.1 Å². The molecule has 0 heterocycles. The van der Waals surface area contributed by atoms with Crippen LogP contribution in [0.5, 0.6) is 0 Å². The third-order valence-corrected chi connectivity index (χ3v) is 1.29. The molecule has 0 aliphatic rings. The molecule has 0 spiro atoms. The van der Waals surface area contributed by atoms with Crippen LogP contribution in [0.3, 0.4) is 0 Å². The first kappa shape index (κ1) is 10.9. The van der Waals surface area contributed by atoms with Crippen LogP contribution in [-0.2, 0) is 0 Å². The van der Waals surface area contributed by atoms with Gasteiger partial charge in [-0.25, -0.2) is 0 Å². The SMILES string of the molecule is CNC(NC(C)C)NC(C)C. The maximum atomic E-state index is 3.34. The molecular formula is C8H21N3. The molecule has 0 bridgehead atoms. The average molecular weight is 159 g/mol. The summed E-state index contributed by atoms with van der Waals surface area (Å²) >= 11 is 0. The Labute approximate surface area is 69.9 Å². The van der Waals surface area contributed by atoms with E-state index < -0.39 is 0 Å². The van der Waals surface area contributed by atoms with E-state index in [0.29, 0.717) is 12.1 Å². The van der Waals surface area contributed by atoms with E-state index in [-0.39, 0.29) is 6.29 Å². The minimum atomic E-state index is 0.218. The average Bonchev–Trinajstić information content (AvgIpc) is 1.84. The molecule has 11 heavy (non-hydrogen) atoms. The van der Waals surface area contributed by atoms with Gasteiger partial charge < -0.3 is 0 Å². The molecule has 0 aliphatic carbocycles. The Morgan fingerprint density at radius 2 is 1.18 bits per heavy atom. The van der Waals surface area contributed by atoms with Crippen molar-refractivity contribution in [1.82, 2.24) is 16.0 Å². The predicted octanol–water partition coefficient (Wildman–Crippen LogP) is 0.485. The Bertz CT molecular complexity index is 81.3. The van der Waals surface area contributed by atoms with Crippen LogP contribution in [0, 0.1) is 0 Å². The zero-order valence-corrected chi connectivity index (χ0v) is 8.23. The second-order valence-corrected chi connectivity index (χ2v) is 3.36. The van der Waals surface area contributed by atoms with Crippen LogP contribution >= 0.6 is 0 Å². The monoisotopic (exact) mass is 159 g/mol. The molecule has 68 valence electrons. The van der Waals surface area contributed by atoms with Gasteiger partial charge >= 0.3 is 0 Å². The fraction of sp³-hybridized carbons (Fsp3) is 1.00.